The van der Waals surface area contributed by atoms with Crippen molar-refractivity contribution >= 4 is 5.91 Å². The summed E-state index contributed by atoms with van der Waals surface area (Å²) >= 11 is 0. The largest absolute Gasteiger partial charge is 0.338 e. The fourth-order valence-electron chi connectivity index (χ4n) is 3.49. The third-order valence-electron chi connectivity index (χ3n) is 4.78. The van der Waals surface area contributed by atoms with E-state index in [0.717, 1.165) is 32.2 Å². The molecule has 2 N–H and O–H groups in total. The van der Waals surface area contributed by atoms with Gasteiger partial charge >= 0.3 is 0 Å². The molecule has 3 nitrogen and oxygen atoms in total. The topological polar surface area (TPSA) is 46.3 Å². The second-order valence-electron chi connectivity index (χ2n) is 6.38. The van der Waals surface area contributed by atoms with E-state index in [2.05, 4.69) is 25.7 Å². The van der Waals surface area contributed by atoms with Crippen LogP contribution in [0.25, 0.3) is 0 Å². The van der Waals surface area contributed by atoms with Crippen LogP contribution in [0.1, 0.15) is 52.9 Å². The molecule has 0 bridgehead atoms. The molecule has 0 aromatic carbocycles. The van der Waals surface area contributed by atoms with E-state index in [9.17, 15) is 4.79 Å². The molecule has 1 aliphatic heterocycles. The summed E-state index contributed by atoms with van der Waals surface area (Å²) in [4.78, 5) is 14.7. The molecule has 3 atom stereocenters. The third kappa shape index (κ3) is 2.35. The van der Waals surface area contributed by atoms with Crippen LogP contribution in [-0.2, 0) is 4.79 Å². The van der Waals surface area contributed by atoms with Crippen molar-refractivity contribution in [3.8, 4) is 0 Å². The number of likely N-dealkylation sites (tertiary alicyclic amines) is 1. The van der Waals surface area contributed by atoms with Crippen molar-refractivity contribution in [2.75, 3.05) is 6.54 Å². The zero-order valence-electron chi connectivity index (χ0n) is 11.4. The molecule has 0 spiro atoms. The van der Waals surface area contributed by atoms with Gasteiger partial charge in [-0.25, -0.2) is 0 Å². The minimum atomic E-state index is -0.551. The van der Waals surface area contributed by atoms with Crippen molar-refractivity contribution in [2.24, 2.45) is 17.6 Å². The van der Waals surface area contributed by atoms with Gasteiger partial charge in [-0.1, -0.05) is 26.7 Å². The first-order valence-corrected chi connectivity index (χ1v) is 7.04. The first-order chi connectivity index (χ1) is 7.94. The van der Waals surface area contributed by atoms with Crippen molar-refractivity contribution in [3.05, 3.63) is 0 Å². The van der Waals surface area contributed by atoms with Crippen molar-refractivity contribution in [3.63, 3.8) is 0 Å². The minimum absolute atomic E-state index is 0.209. The SMILES string of the molecule is CC1CC(C)C(C)N(C(=O)C2(N)CCCC2)C1. The van der Waals surface area contributed by atoms with Crippen LogP contribution in [0.5, 0.6) is 0 Å². The molecule has 2 fully saturated rings. The molecule has 1 aliphatic carbocycles. The average molecular weight is 238 g/mol. The second kappa shape index (κ2) is 4.60. The molecule has 1 saturated carbocycles. The molecule has 0 radical (unpaired) electrons. The number of hydrogen-bond donors (Lipinski definition) is 1. The highest BCUT2D eigenvalue weighted by atomic mass is 16.2. The van der Waals surface area contributed by atoms with Gasteiger partial charge in [0.1, 0.15) is 0 Å². The van der Waals surface area contributed by atoms with Crippen LogP contribution < -0.4 is 5.73 Å². The van der Waals surface area contributed by atoms with Gasteiger partial charge in [-0.2, -0.15) is 0 Å². The summed E-state index contributed by atoms with van der Waals surface area (Å²) in [5, 5.41) is 0. The Hall–Kier alpha value is -0.570. The van der Waals surface area contributed by atoms with E-state index in [0.29, 0.717) is 17.9 Å². The van der Waals surface area contributed by atoms with Crippen molar-refractivity contribution in [1.29, 1.82) is 0 Å². The van der Waals surface area contributed by atoms with Gasteiger partial charge in [0.05, 0.1) is 5.54 Å². The number of piperidine rings is 1. The van der Waals surface area contributed by atoms with E-state index in [1.807, 2.05) is 0 Å². The molecule has 3 unspecified atom stereocenters. The number of carbonyl (C=O) groups excluding carboxylic acids is 1. The third-order valence-corrected chi connectivity index (χ3v) is 4.78. The summed E-state index contributed by atoms with van der Waals surface area (Å²) in [6, 6.07) is 0.347. The summed E-state index contributed by atoms with van der Waals surface area (Å²) in [5.74, 6) is 1.41. The van der Waals surface area contributed by atoms with Gasteiger partial charge in [0.15, 0.2) is 0 Å². The van der Waals surface area contributed by atoms with Crippen LogP contribution in [0.15, 0.2) is 0 Å². The van der Waals surface area contributed by atoms with Crippen LogP contribution in [0.4, 0.5) is 0 Å². The van der Waals surface area contributed by atoms with Crippen LogP contribution >= 0.6 is 0 Å². The van der Waals surface area contributed by atoms with E-state index in [4.69, 9.17) is 5.73 Å². The number of carbonyl (C=O) groups is 1. The lowest BCUT2D eigenvalue weighted by Gasteiger charge is -2.44. The van der Waals surface area contributed by atoms with Crippen LogP contribution in [0.3, 0.4) is 0 Å². The molecule has 17 heavy (non-hydrogen) atoms. The number of hydrogen-bond acceptors (Lipinski definition) is 2. The predicted octanol–water partition coefficient (Wildman–Crippen LogP) is 2.15. The zero-order valence-corrected chi connectivity index (χ0v) is 11.4. The first kappa shape index (κ1) is 12.9. The number of amides is 1. The van der Waals surface area contributed by atoms with Crippen molar-refractivity contribution in [1.82, 2.24) is 4.90 Å². The monoisotopic (exact) mass is 238 g/mol. The molecular weight excluding hydrogens is 212 g/mol. The Balaban J connectivity index is 2.12. The number of nitrogens with zero attached hydrogens (tertiary/aromatic N) is 1. The Morgan fingerprint density at radius 3 is 2.41 bits per heavy atom. The summed E-state index contributed by atoms with van der Waals surface area (Å²) < 4.78 is 0. The Labute approximate surface area is 105 Å². The molecule has 0 aromatic rings. The fourth-order valence-corrected chi connectivity index (χ4v) is 3.49. The lowest BCUT2D eigenvalue weighted by Crippen LogP contribution is -2.59. The van der Waals surface area contributed by atoms with Gasteiger partial charge in [-0.3, -0.25) is 4.79 Å². The van der Waals surface area contributed by atoms with Gasteiger partial charge in [-0.15, -0.1) is 0 Å². The van der Waals surface area contributed by atoms with Crippen molar-refractivity contribution in [2.45, 2.75) is 64.5 Å². The smallest absolute Gasteiger partial charge is 0.242 e. The predicted molar refractivity (Wildman–Crippen MR) is 69.5 cm³/mol. The van der Waals surface area contributed by atoms with Gasteiger partial charge in [0, 0.05) is 12.6 Å². The lowest BCUT2D eigenvalue weighted by atomic mass is 9.84. The molecule has 1 saturated heterocycles. The van der Waals surface area contributed by atoms with Crippen LogP contribution in [0.2, 0.25) is 0 Å². The van der Waals surface area contributed by atoms with Crippen LogP contribution in [-0.4, -0.2) is 28.9 Å². The molecule has 2 aliphatic rings. The summed E-state index contributed by atoms with van der Waals surface area (Å²) in [5.41, 5.74) is 5.74. The van der Waals surface area contributed by atoms with E-state index >= 15 is 0 Å². The Morgan fingerprint density at radius 2 is 1.82 bits per heavy atom. The Bertz CT molecular complexity index is 297. The quantitative estimate of drug-likeness (QED) is 0.761. The maximum Gasteiger partial charge on any atom is 0.242 e. The molecule has 1 amide bonds. The molecular formula is C14H26N2O. The Morgan fingerprint density at radius 1 is 1.24 bits per heavy atom. The fraction of sp³-hybridized carbons (Fsp3) is 0.929. The standard InChI is InChI=1S/C14H26N2O/c1-10-8-11(2)12(3)16(9-10)13(17)14(15)6-4-5-7-14/h10-12H,4-9,15H2,1-3H3. The van der Waals surface area contributed by atoms with Gasteiger partial charge in [0.25, 0.3) is 0 Å². The highest BCUT2D eigenvalue weighted by Crippen LogP contribution is 2.33. The number of nitrogens with two attached hydrogens (primary N) is 1. The summed E-state index contributed by atoms with van der Waals surface area (Å²) in [6.45, 7) is 7.55. The van der Waals surface area contributed by atoms with E-state index in [-0.39, 0.29) is 5.91 Å². The van der Waals surface area contributed by atoms with E-state index < -0.39 is 5.54 Å². The second-order valence-corrected chi connectivity index (χ2v) is 6.38. The maximum atomic E-state index is 12.6. The van der Waals surface area contributed by atoms with Gasteiger partial charge in [0.2, 0.25) is 5.91 Å². The molecule has 1 heterocycles. The minimum Gasteiger partial charge on any atom is -0.338 e. The molecule has 3 heteroatoms. The van der Waals surface area contributed by atoms with Gasteiger partial charge < -0.3 is 10.6 Å². The molecule has 98 valence electrons. The molecule has 2 rings (SSSR count). The average Bonchev–Trinajstić information content (AvgIpc) is 2.71. The summed E-state index contributed by atoms with van der Waals surface area (Å²) in [7, 11) is 0. The highest BCUT2D eigenvalue weighted by Gasteiger charge is 2.43. The van der Waals surface area contributed by atoms with E-state index in [1.54, 1.807) is 0 Å². The van der Waals surface area contributed by atoms with E-state index in [1.165, 1.54) is 6.42 Å². The first-order valence-electron chi connectivity index (χ1n) is 7.04. The molecule has 0 aromatic heterocycles. The van der Waals surface area contributed by atoms with Crippen molar-refractivity contribution < 1.29 is 4.79 Å². The summed E-state index contributed by atoms with van der Waals surface area (Å²) in [6.07, 6.45) is 5.18. The van der Waals surface area contributed by atoms with Gasteiger partial charge in [-0.05, 0) is 38.0 Å². The number of rotatable bonds is 1. The Kier molecular flexibility index (Phi) is 3.48. The normalized spacial score (nSPS) is 37.2. The zero-order chi connectivity index (χ0) is 12.6. The van der Waals surface area contributed by atoms with Crippen LogP contribution in [0, 0.1) is 11.8 Å². The lowest BCUT2D eigenvalue weighted by molar-refractivity contribution is -0.142. The maximum absolute atomic E-state index is 12.6. The highest BCUT2D eigenvalue weighted by molar-refractivity contribution is 5.86.